The van der Waals surface area contributed by atoms with E-state index in [-0.39, 0.29) is 0 Å². The molecule has 0 unspecified atom stereocenters. The number of hydrogen-bond acceptors (Lipinski definition) is 6. The van der Waals surface area contributed by atoms with Crippen molar-refractivity contribution in [3.63, 3.8) is 0 Å². The maximum Gasteiger partial charge on any atom is 0.199 e. The van der Waals surface area contributed by atoms with Crippen LogP contribution in [-0.2, 0) is 13.1 Å². The van der Waals surface area contributed by atoms with Crippen molar-refractivity contribution < 1.29 is 0 Å². The van der Waals surface area contributed by atoms with Gasteiger partial charge in [0.15, 0.2) is 12.2 Å². The molecule has 0 amide bonds. The molecular weight excluding hydrogens is 256 g/mol. The number of rotatable bonds is 6. The highest BCUT2D eigenvalue weighted by atomic mass is 15.6. The fourth-order valence-corrected chi connectivity index (χ4v) is 1.83. The first kappa shape index (κ1) is 12.4. The van der Waals surface area contributed by atoms with Crippen LogP contribution < -0.4 is 0 Å². The maximum absolute atomic E-state index is 4.41. The molecule has 3 aromatic heterocycles. The van der Waals surface area contributed by atoms with Crippen molar-refractivity contribution in [1.29, 1.82) is 0 Å². The highest BCUT2D eigenvalue weighted by molar-refractivity contribution is 5.46. The summed E-state index contributed by atoms with van der Waals surface area (Å²) in [6.07, 6.45) is 6.86. The van der Waals surface area contributed by atoms with Crippen LogP contribution in [0.15, 0.2) is 37.1 Å². The lowest BCUT2D eigenvalue weighted by Gasteiger charge is -2.00. The molecule has 0 fully saturated rings. The van der Waals surface area contributed by atoms with Gasteiger partial charge >= 0.3 is 0 Å². The van der Waals surface area contributed by atoms with E-state index in [2.05, 4.69) is 30.5 Å². The van der Waals surface area contributed by atoms with E-state index in [1.807, 2.05) is 22.9 Å². The average molecular weight is 270 g/mol. The van der Waals surface area contributed by atoms with Crippen LogP contribution in [0.4, 0.5) is 0 Å². The topological polar surface area (TPSA) is 87.2 Å². The number of aromatic nitrogens is 8. The van der Waals surface area contributed by atoms with E-state index >= 15 is 0 Å². The van der Waals surface area contributed by atoms with E-state index in [4.69, 9.17) is 0 Å². The number of unbranched alkanes of at least 4 members (excludes halogenated alkanes) is 1. The third-order valence-electron chi connectivity index (χ3n) is 2.82. The van der Waals surface area contributed by atoms with E-state index in [1.165, 1.54) is 6.33 Å². The fraction of sp³-hybridized carbons (Fsp3) is 0.333. The summed E-state index contributed by atoms with van der Waals surface area (Å²) in [5, 5.41) is 15.8. The van der Waals surface area contributed by atoms with Crippen molar-refractivity contribution in [1.82, 2.24) is 40.0 Å². The third-order valence-corrected chi connectivity index (χ3v) is 2.82. The molecule has 20 heavy (non-hydrogen) atoms. The molecule has 0 saturated heterocycles. The summed E-state index contributed by atoms with van der Waals surface area (Å²) in [5.41, 5.74) is 0.790. The van der Waals surface area contributed by atoms with Gasteiger partial charge in [-0.3, -0.25) is 9.67 Å². The van der Waals surface area contributed by atoms with Crippen LogP contribution in [0, 0.1) is 0 Å². The Morgan fingerprint density at radius 2 is 2.00 bits per heavy atom. The lowest BCUT2D eigenvalue weighted by Crippen LogP contribution is -2.05. The van der Waals surface area contributed by atoms with Crippen LogP contribution in [0.1, 0.15) is 12.8 Å². The summed E-state index contributed by atoms with van der Waals surface area (Å²) in [4.78, 5) is 10.1. The Bertz CT molecular complexity index is 631. The van der Waals surface area contributed by atoms with Crippen molar-refractivity contribution in [2.75, 3.05) is 0 Å². The summed E-state index contributed by atoms with van der Waals surface area (Å²) < 4.78 is 1.83. The van der Waals surface area contributed by atoms with Crippen molar-refractivity contribution in [2.45, 2.75) is 25.9 Å². The van der Waals surface area contributed by atoms with Crippen LogP contribution in [0.25, 0.3) is 11.5 Å². The van der Waals surface area contributed by atoms with Crippen LogP contribution >= 0.6 is 0 Å². The van der Waals surface area contributed by atoms with E-state index in [0.717, 1.165) is 31.6 Å². The number of tetrazole rings is 1. The Kier molecular flexibility index (Phi) is 3.72. The second-order valence-corrected chi connectivity index (χ2v) is 4.29. The van der Waals surface area contributed by atoms with E-state index in [9.17, 15) is 0 Å². The van der Waals surface area contributed by atoms with Crippen LogP contribution in [0.3, 0.4) is 0 Å². The molecule has 0 saturated carbocycles. The number of pyridine rings is 1. The quantitative estimate of drug-likeness (QED) is 0.616. The maximum atomic E-state index is 4.41. The largest absolute Gasteiger partial charge is 0.253 e. The molecule has 3 rings (SSSR count). The molecule has 0 N–H and O–H groups in total. The van der Waals surface area contributed by atoms with Gasteiger partial charge in [-0.1, -0.05) is 6.07 Å². The SMILES string of the molecule is c1ccc(-c2ncn(CCCCn3ncnn3)n2)nc1. The molecule has 8 nitrogen and oxygen atoms in total. The van der Waals surface area contributed by atoms with E-state index in [0.29, 0.717) is 5.82 Å². The zero-order chi connectivity index (χ0) is 13.6. The molecule has 3 heterocycles. The minimum absolute atomic E-state index is 0.656. The molecule has 0 aliphatic carbocycles. The summed E-state index contributed by atoms with van der Waals surface area (Å²) >= 11 is 0. The second kappa shape index (κ2) is 6.00. The molecule has 0 spiro atoms. The summed E-state index contributed by atoms with van der Waals surface area (Å²) in [6, 6.07) is 5.70. The minimum Gasteiger partial charge on any atom is -0.253 e. The molecule has 0 aliphatic rings. The first-order valence-corrected chi connectivity index (χ1v) is 6.43. The Labute approximate surface area is 115 Å². The Morgan fingerprint density at radius 1 is 1.05 bits per heavy atom. The van der Waals surface area contributed by atoms with Crippen molar-refractivity contribution >= 4 is 0 Å². The van der Waals surface area contributed by atoms with Gasteiger partial charge in [-0.15, -0.1) is 15.3 Å². The van der Waals surface area contributed by atoms with Gasteiger partial charge in [0, 0.05) is 12.7 Å². The standard InChI is InChI=1S/C12H14N8/c1-2-6-13-11(5-1)12-14-10-19(17-12)7-3-4-8-20-16-9-15-18-20/h1-2,5-6,9-10H,3-4,7-8H2. The van der Waals surface area contributed by atoms with Gasteiger partial charge in [-0.25, -0.2) is 4.98 Å². The van der Waals surface area contributed by atoms with E-state index in [1.54, 1.807) is 17.3 Å². The summed E-state index contributed by atoms with van der Waals surface area (Å²) in [7, 11) is 0. The van der Waals surface area contributed by atoms with Crippen LogP contribution in [0.2, 0.25) is 0 Å². The van der Waals surface area contributed by atoms with Gasteiger partial charge in [0.2, 0.25) is 0 Å². The third kappa shape index (κ3) is 3.02. The first-order chi connectivity index (χ1) is 9.92. The number of hydrogen-bond donors (Lipinski definition) is 0. The van der Waals surface area contributed by atoms with Gasteiger partial charge in [0.25, 0.3) is 0 Å². The minimum atomic E-state index is 0.656. The van der Waals surface area contributed by atoms with E-state index < -0.39 is 0 Å². The van der Waals surface area contributed by atoms with Gasteiger partial charge in [0.05, 0.1) is 6.54 Å². The number of aryl methyl sites for hydroxylation is 2. The predicted molar refractivity (Wildman–Crippen MR) is 70.3 cm³/mol. The van der Waals surface area contributed by atoms with Crippen LogP contribution in [-0.4, -0.2) is 40.0 Å². The summed E-state index contributed by atoms with van der Waals surface area (Å²) in [5.74, 6) is 0.656. The molecule has 0 atom stereocenters. The monoisotopic (exact) mass is 270 g/mol. The van der Waals surface area contributed by atoms with Crippen molar-refractivity contribution in [2.24, 2.45) is 0 Å². The molecule has 3 aromatic rings. The zero-order valence-electron chi connectivity index (χ0n) is 10.9. The van der Waals surface area contributed by atoms with Gasteiger partial charge in [-0.2, -0.15) is 4.80 Å². The smallest absolute Gasteiger partial charge is 0.199 e. The molecule has 8 heteroatoms. The molecule has 0 bridgehead atoms. The summed E-state index contributed by atoms with van der Waals surface area (Å²) in [6.45, 7) is 1.58. The fourth-order valence-electron chi connectivity index (χ4n) is 1.83. The molecule has 0 aromatic carbocycles. The molecular formula is C12H14N8. The highest BCUT2D eigenvalue weighted by Gasteiger charge is 2.04. The van der Waals surface area contributed by atoms with Crippen molar-refractivity contribution in [3.05, 3.63) is 37.1 Å². The van der Waals surface area contributed by atoms with Crippen molar-refractivity contribution in [3.8, 4) is 11.5 Å². The Hall–Kier alpha value is -2.64. The molecule has 102 valence electrons. The Morgan fingerprint density at radius 3 is 2.80 bits per heavy atom. The highest BCUT2D eigenvalue weighted by Crippen LogP contribution is 2.09. The lowest BCUT2D eigenvalue weighted by atomic mass is 10.3. The molecule has 0 aliphatic heterocycles. The van der Waals surface area contributed by atoms with Gasteiger partial charge in [-0.05, 0) is 30.2 Å². The normalized spacial score (nSPS) is 10.8. The predicted octanol–water partition coefficient (Wildman–Crippen LogP) is 0.807. The van der Waals surface area contributed by atoms with Gasteiger partial charge < -0.3 is 0 Å². The Balaban J connectivity index is 1.50. The second-order valence-electron chi connectivity index (χ2n) is 4.29. The first-order valence-electron chi connectivity index (χ1n) is 6.43. The van der Waals surface area contributed by atoms with Gasteiger partial charge in [0.1, 0.15) is 12.0 Å². The van der Waals surface area contributed by atoms with Crippen LogP contribution in [0.5, 0.6) is 0 Å². The number of nitrogens with zero attached hydrogens (tertiary/aromatic N) is 8. The lowest BCUT2D eigenvalue weighted by molar-refractivity contribution is 0.460. The zero-order valence-corrected chi connectivity index (χ0v) is 10.9. The molecule has 0 radical (unpaired) electrons. The average Bonchev–Trinajstić information content (AvgIpc) is 3.16.